The molecule has 0 amide bonds. The van der Waals surface area contributed by atoms with Crippen molar-refractivity contribution >= 4 is 0 Å². The van der Waals surface area contributed by atoms with E-state index in [4.69, 9.17) is 5.11 Å². The van der Waals surface area contributed by atoms with Crippen LogP contribution in [0, 0.1) is 5.92 Å². The molecular weight excluding hydrogens is 140 g/mol. The van der Waals surface area contributed by atoms with Gasteiger partial charge in [0.2, 0.25) is 0 Å². The van der Waals surface area contributed by atoms with Gasteiger partial charge in [-0.3, -0.25) is 0 Å². The summed E-state index contributed by atoms with van der Waals surface area (Å²) in [6.45, 7) is 7.93. The molecule has 2 N–H and O–H groups in total. The maximum Gasteiger partial charge on any atom is 0.0750 e. The highest BCUT2D eigenvalue weighted by molar-refractivity contribution is 5.04. The van der Waals surface area contributed by atoms with Crippen LogP contribution in [-0.2, 0) is 0 Å². The molecular formula is C9H18O2. The molecule has 0 radical (unpaired) electrons. The molecule has 0 saturated carbocycles. The summed E-state index contributed by atoms with van der Waals surface area (Å²) in [5.41, 5.74) is 0.860. The highest BCUT2D eigenvalue weighted by Gasteiger charge is 2.10. The second-order valence-corrected chi connectivity index (χ2v) is 3.11. The van der Waals surface area contributed by atoms with Gasteiger partial charge in [0.25, 0.3) is 0 Å². The Labute approximate surface area is 68.6 Å². The predicted molar refractivity (Wildman–Crippen MR) is 46.3 cm³/mol. The molecule has 0 aromatic carbocycles. The molecule has 2 heteroatoms. The summed E-state index contributed by atoms with van der Waals surface area (Å²) in [5, 5.41) is 17.9. The normalized spacial score (nSPS) is 13.5. The van der Waals surface area contributed by atoms with Crippen molar-refractivity contribution in [1.29, 1.82) is 0 Å². The van der Waals surface area contributed by atoms with Crippen LogP contribution in [0.25, 0.3) is 0 Å². The molecule has 0 aromatic rings. The lowest BCUT2D eigenvalue weighted by Crippen LogP contribution is -2.14. The van der Waals surface area contributed by atoms with Crippen molar-refractivity contribution < 1.29 is 10.2 Å². The Kier molecular flexibility index (Phi) is 5.16. The third kappa shape index (κ3) is 4.17. The Morgan fingerprint density at radius 1 is 1.45 bits per heavy atom. The zero-order valence-corrected chi connectivity index (χ0v) is 7.38. The van der Waals surface area contributed by atoms with Crippen molar-refractivity contribution in [3.63, 3.8) is 0 Å². The van der Waals surface area contributed by atoms with Crippen LogP contribution >= 0.6 is 0 Å². The minimum atomic E-state index is -0.442. The molecule has 0 bridgehead atoms. The molecule has 0 heterocycles. The molecule has 0 saturated heterocycles. The van der Waals surface area contributed by atoms with E-state index in [2.05, 4.69) is 6.58 Å². The molecule has 0 aliphatic heterocycles. The summed E-state index contributed by atoms with van der Waals surface area (Å²) in [4.78, 5) is 0. The first-order chi connectivity index (χ1) is 5.09. The topological polar surface area (TPSA) is 40.5 Å². The van der Waals surface area contributed by atoms with Crippen LogP contribution in [0.3, 0.4) is 0 Å². The van der Waals surface area contributed by atoms with Crippen molar-refractivity contribution in [1.82, 2.24) is 0 Å². The molecule has 66 valence electrons. The van der Waals surface area contributed by atoms with Crippen molar-refractivity contribution in [2.45, 2.75) is 32.8 Å². The molecule has 0 spiro atoms. The van der Waals surface area contributed by atoms with Crippen LogP contribution < -0.4 is 0 Å². The van der Waals surface area contributed by atoms with Gasteiger partial charge in [-0.25, -0.2) is 0 Å². The molecule has 0 rings (SSSR count). The SMILES string of the molecule is C=C(C(C)C)C(O)CCCO. The zero-order chi connectivity index (χ0) is 8.85. The molecule has 2 nitrogen and oxygen atoms in total. The smallest absolute Gasteiger partial charge is 0.0750 e. The number of aliphatic hydroxyl groups is 2. The highest BCUT2D eigenvalue weighted by atomic mass is 16.3. The maximum absolute atomic E-state index is 9.41. The Morgan fingerprint density at radius 2 is 2.00 bits per heavy atom. The van der Waals surface area contributed by atoms with Crippen LogP contribution in [0.4, 0.5) is 0 Å². The van der Waals surface area contributed by atoms with Gasteiger partial charge in [-0.15, -0.1) is 0 Å². The second kappa shape index (κ2) is 5.33. The van der Waals surface area contributed by atoms with Crippen LogP contribution in [-0.4, -0.2) is 22.9 Å². The van der Waals surface area contributed by atoms with Gasteiger partial charge in [0.05, 0.1) is 6.10 Å². The van der Waals surface area contributed by atoms with Gasteiger partial charge < -0.3 is 10.2 Å². The van der Waals surface area contributed by atoms with E-state index in [-0.39, 0.29) is 6.61 Å². The van der Waals surface area contributed by atoms with Crippen LogP contribution in [0.5, 0.6) is 0 Å². The van der Waals surface area contributed by atoms with E-state index in [1.54, 1.807) is 0 Å². The Balaban J connectivity index is 3.64. The van der Waals surface area contributed by atoms with Gasteiger partial charge in [-0.1, -0.05) is 20.4 Å². The first kappa shape index (κ1) is 10.7. The lowest BCUT2D eigenvalue weighted by atomic mass is 9.97. The van der Waals surface area contributed by atoms with Crippen molar-refractivity contribution in [2.24, 2.45) is 5.92 Å². The largest absolute Gasteiger partial charge is 0.396 e. The molecule has 1 unspecified atom stereocenters. The van der Waals surface area contributed by atoms with E-state index in [0.29, 0.717) is 18.8 Å². The molecule has 0 aliphatic carbocycles. The monoisotopic (exact) mass is 158 g/mol. The van der Waals surface area contributed by atoms with Gasteiger partial charge >= 0.3 is 0 Å². The Morgan fingerprint density at radius 3 is 2.36 bits per heavy atom. The summed E-state index contributed by atoms with van der Waals surface area (Å²) in [7, 11) is 0. The highest BCUT2D eigenvalue weighted by Crippen LogP contribution is 2.14. The fourth-order valence-corrected chi connectivity index (χ4v) is 0.855. The van der Waals surface area contributed by atoms with Crippen molar-refractivity contribution in [3.8, 4) is 0 Å². The van der Waals surface area contributed by atoms with Crippen LogP contribution in [0.2, 0.25) is 0 Å². The third-order valence-corrected chi connectivity index (χ3v) is 1.81. The summed E-state index contributed by atoms with van der Waals surface area (Å²) < 4.78 is 0. The van der Waals surface area contributed by atoms with Crippen molar-refractivity contribution in [2.75, 3.05) is 6.61 Å². The second-order valence-electron chi connectivity index (χ2n) is 3.11. The van der Waals surface area contributed by atoms with E-state index in [1.165, 1.54) is 0 Å². The molecule has 11 heavy (non-hydrogen) atoms. The average molecular weight is 158 g/mol. The van der Waals surface area contributed by atoms with Crippen LogP contribution in [0.1, 0.15) is 26.7 Å². The number of hydrogen-bond donors (Lipinski definition) is 2. The lowest BCUT2D eigenvalue weighted by Gasteiger charge is -2.15. The molecule has 0 fully saturated rings. The average Bonchev–Trinajstić information content (AvgIpc) is 1.98. The first-order valence-corrected chi connectivity index (χ1v) is 4.07. The minimum absolute atomic E-state index is 0.141. The standard InChI is InChI=1S/C9H18O2/c1-7(2)8(3)9(11)5-4-6-10/h7,9-11H,3-6H2,1-2H3. The fourth-order valence-electron chi connectivity index (χ4n) is 0.855. The van der Waals surface area contributed by atoms with E-state index in [1.807, 2.05) is 13.8 Å². The quantitative estimate of drug-likeness (QED) is 0.593. The predicted octanol–water partition coefficient (Wildman–Crippen LogP) is 1.33. The lowest BCUT2D eigenvalue weighted by molar-refractivity contribution is 0.172. The zero-order valence-electron chi connectivity index (χ0n) is 7.38. The van der Waals surface area contributed by atoms with E-state index in [9.17, 15) is 5.11 Å². The number of hydrogen-bond acceptors (Lipinski definition) is 2. The Hall–Kier alpha value is -0.340. The van der Waals surface area contributed by atoms with Gasteiger partial charge in [0.15, 0.2) is 0 Å². The summed E-state index contributed by atoms with van der Waals surface area (Å²) >= 11 is 0. The summed E-state index contributed by atoms with van der Waals surface area (Å²) in [6.07, 6.45) is 0.822. The molecule has 0 aliphatic rings. The number of aliphatic hydroxyl groups excluding tert-OH is 2. The fraction of sp³-hybridized carbons (Fsp3) is 0.778. The van der Waals surface area contributed by atoms with E-state index in [0.717, 1.165) is 5.57 Å². The molecule has 1 atom stereocenters. The van der Waals surface area contributed by atoms with E-state index < -0.39 is 6.10 Å². The maximum atomic E-state index is 9.41. The van der Waals surface area contributed by atoms with Crippen LogP contribution in [0.15, 0.2) is 12.2 Å². The van der Waals surface area contributed by atoms with E-state index >= 15 is 0 Å². The molecule has 0 aromatic heterocycles. The first-order valence-electron chi connectivity index (χ1n) is 4.07. The summed E-state index contributed by atoms with van der Waals surface area (Å²) in [5.74, 6) is 0.323. The van der Waals surface area contributed by atoms with Crippen molar-refractivity contribution in [3.05, 3.63) is 12.2 Å². The third-order valence-electron chi connectivity index (χ3n) is 1.81. The van der Waals surface area contributed by atoms with Gasteiger partial charge in [0.1, 0.15) is 0 Å². The summed E-state index contributed by atoms with van der Waals surface area (Å²) in [6, 6.07) is 0. The minimum Gasteiger partial charge on any atom is -0.396 e. The van der Waals surface area contributed by atoms with Gasteiger partial charge in [-0.05, 0) is 24.3 Å². The van der Waals surface area contributed by atoms with Gasteiger partial charge in [0, 0.05) is 6.61 Å². The number of rotatable bonds is 5. The Bertz CT molecular complexity index is 119. The van der Waals surface area contributed by atoms with Gasteiger partial charge in [-0.2, -0.15) is 0 Å².